The van der Waals surface area contributed by atoms with Crippen molar-refractivity contribution in [3.05, 3.63) is 114 Å². The predicted octanol–water partition coefficient (Wildman–Crippen LogP) is 5.37. The Labute approximate surface area is 183 Å². The average Bonchev–Trinajstić information content (AvgIpc) is 3.34. The lowest BCUT2D eigenvalue weighted by Gasteiger charge is -2.43. The van der Waals surface area contributed by atoms with E-state index in [2.05, 4.69) is 119 Å². The second-order valence-corrected chi connectivity index (χ2v) is 8.67. The Balaban J connectivity index is 1.57. The van der Waals surface area contributed by atoms with E-state index in [-0.39, 0.29) is 17.6 Å². The maximum absolute atomic E-state index is 4.44. The Bertz CT molecular complexity index is 1200. The van der Waals surface area contributed by atoms with Crippen molar-refractivity contribution in [2.75, 3.05) is 16.9 Å². The zero-order valence-electron chi connectivity index (χ0n) is 17.9. The van der Waals surface area contributed by atoms with Crippen LogP contribution in [0, 0.1) is 6.92 Å². The van der Waals surface area contributed by atoms with Gasteiger partial charge in [-0.1, -0.05) is 60.7 Å². The highest BCUT2D eigenvalue weighted by Crippen LogP contribution is 2.57. The monoisotopic (exact) mass is 406 g/mol. The van der Waals surface area contributed by atoms with E-state index in [9.17, 15) is 0 Å². The Morgan fingerprint density at radius 3 is 2.71 bits per heavy atom. The molecule has 1 fully saturated rings. The molecule has 1 spiro atoms. The van der Waals surface area contributed by atoms with Crippen LogP contribution in [0.4, 0.5) is 11.4 Å². The van der Waals surface area contributed by atoms with Crippen molar-refractivity contribution in [2.24, 2.45) is 0 Å². The zero-order chi connectivity index (χ0) is 21.0. The van der Waals surface area contributed by atoms with E-state index in [1.54, 1.807) is 0 Å². The van der Waals surface area contributed by atoms with Gasteiger partial charge in [0.1, 0.15) is 5.54 Å². The molecule has 154 valence electrons. The molecular formula is C27H26N4. The van der Waals surface area contributed by atoms with Gasteiger partial charge in [-0.3, -0.25) is 9.88 Å². The van der Waals surface area contributed by atoms with Gasteiger partial charge < -0.3 is 10.2 Å². The van der Waals surface area contributed by atoms with Crippen molar-refractivity contribution >= 4 is 11.4 Å². The molecule has 2 aliphatic heterocycles. The molecule has 0 saturated carbocycles. The highest BCUT2D eigenvalue weighted by atomic mass is 15.5. The molecule has 1 saturated heterocycles. The highest BCUT2D eigenvalue weighted by Gasteiger charge is 2.60. The van der Waals surface area contributed by atoms with Gasteiger partial charge in [-0.25, -0.2) is 0 Å². The summed E-state index contributed by atoms with van der Waals surface area (Å²) >= 11 is 0. The second-order valence-electron chi connectivity index (χ2n) is 8.67. The summed E-state index contributed by atoms with van der Waals surface area (Å²) in [6.45, 7) is 5.23. The molecule has 1 aliphatic carbocycles. The number of anilines is 2. The number of rotatable bonds is 3. The number of nitrogens with zero attached hydrogens (tertiary/aromatic N) is 3. The number of nitrogens with one attached hydrogen (secondary N) is 1. The molecule has 3 unspecified atom stereocenters. The van der Waals surface area contributed by atoms with Crippen LogP contribution in [0.15, 0.2) is 96.9 Å². The molecule has 3 atom stereocenters. The first-order chi connectivity index (χ1) is 15.2. The van der Waals surface area contributed by atoms with Crippen LogP contribution in [-0.4, -0.2) is 22.6 Å². The number of fused-ring (bicyclic) bond motifs is 1. The molecule has 31 heavy (non-hydrogen) atoms. The van der Waals surface area contributed by atoms with E-state index in [4.69, 9.17) is 0 Å². The van der Waals surface area contributed by atoms with E-state index in [0.717, 1.165) is 12.4 Å². The lowest BCUT2D eigenvalue weighted by atomic mass is 9.78. The third kappa shape index (κ3) is 2.55. The first-order valence-electron chi connectivity index (χ1n) is 11.0. The first-order valence-corrected chi connectivity index (χ1v) is 11.0. The highest BCUT2D eigenvalue weighted by molar-refractivity contribution is 5.73. The standard InChI is InChI=1S/C27H26N4/c1-19-17-22(15-16-28-19)30-18-31(20(2)21-9-4-3-5-10-21)27-23-11-6-7-12-24(23)29-25(27)13-8-14-26(27)30/h3-17,20,26,29H,18H2,1-2H3. The maximum atomic E-state index is 4.44. The summed E-state index contributed by atoms with van der Waals surface area (Å²) in [5.74, 6) is 0. The van der Waals surface area contributed by atoms with E-state index in [0.29, 0.717) is 0 Å². The molecule has 0 amide bonds. The van der Waals surface area contributed by atoms with Crippen molar-refractivity contribution in [1.29, 1.82) is 0 Å². The molecule has 6 rings (SSSR count). The van der Waals surface area contributed by atoms with Gasteiger partial charge in [-0.15, -0.1) is 0 Å². The number of allylic oxidation sites excluding steroid dienone is 2. The lowest BCUT2D eigenvalue weighted by molar-refractivity contribution is 0.125. The fourth-order valence-corrected chi connectivity index (χ4v) is 5.66. The van der Waals surface area contributed by atoms with Crippen LogP contribution in [0.3, 0.4) is 0 Å². The maximum Gasteiger partial charge on any atom is 0.115 e. The predicted molar refractivity (Wildman–Crippen MR) is 126 cm³/mol. The number of hydrogen-bond donors (Lipinski definition) is 1. The topological polar surface area (TPSA) is 31.4 Å². The van der Waals surface area contributed by atoms with Crippen molar-refractivity contribution in [3.8, 4) is 0 Å². The largest absolute Gasteiger partial charge is 0.357 e. The van der Waals surface area contributed by atoms with Crippen LogP contribution in [-0.2, 0) is 5.54 Å². The van der Waals surface area contributed by atoms with Gasteiger partial charge in [0.15, 0.2) is 0 Å². The van der Waals surface area contributed by atoms with Crippen LogP contribution in [0.1, 0.15) is 29.8 Å². The fourth-order valence-electron chi connectivity index (χ4n) is 5.66. The third-order valence-corrected chi connectivity index (χ3v) is 7.06. The summed E-state index contributed by atoms with van der Waals surface area (Å²) in [6, 6.07) is 24.4. The second kappa shape index (κ2) is 6.82. The number of aryl methyl sites for hydroxylation is 1. The summed E-state index contributed by atoms with van der Waals surface area (Å²) in [6.07, 6.45) is 8.74. The summed E-state index contributed by atoms with van der Waals surface area (Å²) in [5, 5.41) is 3.75. The molecule has 3 aliphatic rings. The van der Waals surface area contributed by atoms with Crippen LogP contribution >= 0.6 is 0 Å². The molecule has 0 radical (unpaired) electrons. The normalized spacial score (nSPS) is 24.8. The van der Waals surface area contributed by atoms with Gasteiger partial charge >= 0.3 is 0 Å². The van der Waals surface area contributed by atoms with Gasteiger partial charge in [0.05, 0.1) is 12.7 Å². The minimum atomic E-state index is -0.252. The summed E-state index contributed by atoms with van der Waals surface area (Å²) in [7, 11) is 0. The summed E-state index contributed by atoms with van der Waals surface area (Å²) in [5.41, 5.74) is 7.17. The number of benzene rings is 2. The molecule has 1 N–H and O–H groups in total. The van der Waals surface area contributed by atoms with Gasteiger partial charge in [-0.2, -0.15) is 0 Å². The smallest absolute Gasteiger partial charge is 0.115 e. The number of hydrogen-bond acceptors (Lipinski definition) is 4. The van der Waals surface area contributed by atoms with Gasteiger partial charge in [-0.05, 0) is 43.7 Å². The van der Waals surface area contributed by atoms with Crippen LogP contribution in [0.5, 0.6) is 0 Å². The van der Waals surface area contributed by atoms with Crippen LogP contribution in [0.2, 0.25) is 0 Å². The van der Waals surface area contributed by atoms with Crippen molar-refractivity contribution in [3.63, 3.8) is 0 Å². The minimum Gasteiger partial charge on any atom is -0.357 e. The van der Waals surface area contributed by atoms with Crippen LogP contribution < -0.4 is 10.2 Å². The average molecular weight is 407 g/mol. The van der Waals surface area contributed by atoms with Crippen molar-refractivity contribution in [1.82, 2.24) is 9.88 Å². The number of para-hydroxylation sites is 1. The van der Waals surface area contributed by atoms with E-state index in [1.165, 1.54) is 28.2 Å². The van der Waals surface area contributed by atoms with Gasteiger partial charge in [0.25, 0.3) is 0 Å². The number of pyridine rings is 1. The van der Waals surface area contributed by atoms with Gasteiger partial charge in [0.2, 0.25) is 0 Å². The number of aromatic nitrogens is 1. The summed E-state index contributed by atoms with van der Waals surface area (Å²) < 4.78 is 0. The Kier molecular flexibility index (Phi) is 4.05. The summed E-state index contributed by atoms with van der Waals surface area (Å²) in [4.78, 5) is 9.63. The molecule has 4 heteroatoms. The fraction of sp³-hybridized carbons (Fsp3) is 0.222. The zero-order valence-corrected chi connectivity index (χ0v) is 17.9. The van der Waals surface area contributed by atoms with Crippen molar-refractivity contribution in [2.45, 2.75) is 31.5 Å². The molecular weight excluding hydrogens is 380 g/mol. The first kappa shape index (κ1) is 18.4. The molecule has 0 bridgehead atoms. The van der Waals surface area contributed by atoms with Gasteiger partial charge in [0, 0.05) is 40.6 Å². The molecule has 3 heterocycles. The Morgan fingerprint density at radius 1 is 1.06 bits per heavy atom. The SMILES string of the molecule is Cc1cc(N2CN(C(C)c3ccccc3)C34C(=CC=CC23)Nc2ccccc24)ccn1. The van der Waals surface area contributed by atoms with E-state index < -0.39 is 0 Å². The molecule has 1 aromatic heterocycles. The lowest BCUT2D eigenvalue weighted by Crippen LogP contribution is -2.50. The minimum absolute atomic E-state index is 0.191. The third-order valence-electron chi connectivity index (χ3n) is 7.06. The molecule has 2 aromatic carbocycles. The van der Waals surface area contributed by atoms with E-state index in [1.807, 2.05) is 6.20 Å². The quantitative estimate of drug-likeness (QED) is 0.633. The molecule has 4 nitrogen and oxygen atoms in total. The van der Waals surface area contributed by atoms with Crippen LogP contribution in [0.25, 0.3) is 0 Å². The van der Waals surface area contributed by atoms with E-state index >= 15 is 0 Å². The molecule has 3 aromatic rings. The van der Waals surface area contributed by atoms with Crippen molar-refractivity contribution < 1.29 is 0 Å². The Morgan fingerprint density at radius 2 is 1.87 bits per heavy atom. The Hall–Kier alpha value is -3.37.